The van der Waals surface area contributed by atoms with Gasteiger partial charge in [0.2, 0.25) is 0 Å². The monoisotopic (exact) mass is 496 g/mol. The van der Waals surface area contributed by atoms with E-state index in [0.717, 1.165) is 41.6 Å². The summed E-state index contributed by atoms with van der Waals surface area (Å²) < 4.78 is 17.1. The molecule has 0 unspecified atom stereocenters. The Labute approximate surface area is 206 Å². The molecule has 0 saturated carbocycles. The van der Waals surface area contributed by atoms with Crippen LogP contribution in [0.1, 0.15) is 28.8 Å². The van der Waals surface area contributed by atoms with Crippen LogP contribution in [0.25, 0.3) is 21.6 Å². The van der Waals surface area contributed by atoms with Crippen molar-refractivity contribution in [3.8, 4) is 28.6 Å². The second-order valence-corrected chi connectivity index (χ2v) is 9.80. The smallest absolute Gasteiger partial charge is 0.260 e. The van der Waals surface area contributed by atoms with Crippen molar-refractivity contribution >= 4 is 33.2 Å². The summed E-state index contributed by atoms with van der Waals surface area (Å²) in [6, 6.07) is 11.3. The zero-order valence-electron chi connectivity index (χ0n) is 19.1. The van der Waals surface area contributed by atoms with Crippen LogP contribution in [0.2, 0.25) is 5.02 Å². The number of aromatic nitrogens is 2. The number of fused-ring (bicyclic) bond motifs is 3. The largest absolute Gasteiger partial charge is 0.493 e. The zero-order chi connectivity index (χ0) is 23.7. The molecule has 2 heterocycles. The van der Waals surface area contributed by atoms with Crippen molar-refractivity contribution in [2.75, 3.05) is 20.3 Å². The maximum absolute atomic E-state index is 12.9. The number of thiophene rings is 1. The molecule has 1 aliphatic rings. The van der Waals surface area contributed by atoms with E-state index in [1.165, 1.54) is 16.0 Å². The Kier molecular flexibility index (Phi) is 6.48. The number of nitrogens with zero attached hydrogens (tertiary/aromatic N) is 1. The van der Waals surface area contributed by atoms with Gasteiger partial charge in [-0.2, -0.15) is 0 Å². The van der Waals surface area contributed by atoms with E-state index in [1.807, 2.05) is 31.2 Å². The molecule has 0 spiro atoms. The molecule has 0 radical (unpaired) electrons. The lowest BCUT2D eigenvalue weighted by molar-refractivity contribution is 0.211. The minimum absolute atomic E-state index is 0.108. The predicted molar refractivity (Wildman–Crippen MR) is 136 cm³/mol. The highest BCUT2D eigenvalue weighted by atomic mass is 35.5. The van der Waals surface area contributed by atoms with Crippen LogP contribution in [0, 0.1) is 6.92 Å². The van der Waals surface area contributed by atoms with Crippen molar-refractivity contribution in [2.24, 2.45) is 0 Å². The zero-order valence-corrected chi connectivity index (χ0v) is 20.6. The summed E-state index contributed by atoms with van der Waals surface area (Å²) in [6.45, 7) is 2.69. The molecule has 0 saturated heterocycles. The molecule has 0 amide bonds. The van der Waals surface area contributed by atoms with Crippen molar-refractivity contribution in [2.45, 2.75) is 32.6 Å². The number of rotatable bonds is 7. The molecule has 34 heavy (non-hydrogen) atoms. The average molecular weight is 497 g/mol. The Balaban J connectivity index is 1.37. The van der Waals surface area contributed by atoms with Crippen LogP contribution >= 0.6 is 22.9 Å². The van der Waals surface area contributed by atoms with Gasteiger partial charge in [0.1, 0.15) is 29.6 Å². The van der Waals surface area contributed by atoms with E-state index in [0.29, 0.717) is 41.1 Å². The number of hydrogen-bond donors (Lipinski definition) is 1. The van der Waals surface area contributed by atoms with Crippen LogP contribution in [0.15, 0.2) is 41.2 Å². The van der Waals surface area contributed by atoms with Crippen LogP contribution in [0.4, 0.5) is 0 Å². The molecule has 0 aliphatic heterocycles. The van der Waals surface area contributed by atoms with Crippen LogP contribution < -0.4 is 19.8 Å². The summed E-state index contributed by atoms with van der Waals surface area (Å²) in [5, 5.41) is 1.10. The molecule has 2 aromatic heterocycles. The highest BCUT2D eigenvalue weighted by Gasteiger charge is 2.21. The molecule has 1 N–H and O–H groups in total. The summed E-state index contributed by atoms with van der Waals surface area (Å²) in [5.41, 5.74) is 2.89. The highest BCUT2D eigenvalue weighted by Crippen LogP contribution is 2.40. The van der Waals surface area contributed by atoms with Crippen molar-refractivity contribution in [3.05, 3.63) is 67.8 Å². The van der Waals surface area contributed by atoms with E-state index < -0.39 is 0 Å². The summed E-state index contributed by atoms with van der Waals surface area (Å²) in [5.74, 6) is 2.13. The van der Waals surface area contributed by atoms with Gasteiger partial charge in [0.15, 0.2) is 11.5 Å². The Morgan fingerprint density at radius 1 is 1.09 bits per heavy atom. The second kappa shape index (κ2) is 9.68. The van der Waals surface area contributed by atoms with Crippen molar-refractivity contribution in [3.63, 3.8) is 0 Å². The third kappa shape index (κ3) is 4.50. The first-order valence-corrected chi connectivity index (χ1v) is 12.5. The third-order valence-electron chi connectivity index (χ3n) is 5.95. The van der Waals surface area contributed by atoms with Gasteiger partial charge in [0, 0.05) is 10.4 Å². The molecule has 5 rings (SSSR count). The van der Waals surface area contributed by atoms with E-state index in [1.54, 1.807) is 30.6 Å². The van der Waals surface area contributed by atoms with Crippen molar-refractivity contribution in [1.29, 1.82) is 0 Å². The highest BCUT2D eigenvalue weighted by molar-refractivity contribution is 7.18. The number of methoxy groups -OCH3 is 1. The molecular formula is C26H25ClN2O4S. The minimum Gasteiger partial charge on any atom is -0.493 e. The van der Waals surface area contributed by atoms with Gasteiger partial charge in [-0.25, -0.2) is 4.98 Å². The Hall–Kier alpha value is -3.03. The van der Waals surface area contributed by atoms with Crippen LogP contribution in [0.3, 0.4) is 0 Å². The first kappa shape index (κ1) is 22.7. The second-order valence-electron chi connectivity index (χ2n) is 8.31. The molecular weight excluding hydrogens is 472 g/mol. The lowest BCUT2D eigenvalue weighted by Gasteiger charge is -2.14. The number of nitrogens with one attached hydrogen (secondary N) is 1. The summed E-state index contributed by atoms with van der Waals surface area (Å²) in [6.07, 6.45) is 4.24. The quantitative estimate of drug-likeness (QED) is 0.320. The molecule has 0 atom stereocenters. The maximum Gasteiger partial charge on any atom is 0.260 e. The van der Waals surface area contributed by atoms with Crippen molar-refractivity contribution in [1.82, 2.24) is 9.97 Å². The first-order valence-electron chi connectivity index (χ1n) is 11.3. The number of aromatic amines is 1. The van der Waals surface area contributed by atoms with Gasteiger partial charge < -0.3 is 19.2 Å². The fourth-order valence-electron chi connectivity index (χ4n) is 4.24. The summed E-state index contributed by atoms with van der Waals surface area (Å²) >= 11 is 8.17. The number of halogens is 1. The number of aryl methyl sites for hydroxylation is 3. The van der Waals surface area contributed by atoms with Gasteiger partial charge in [-0.15, -0.1) is 11.3 Å². The third-order valence-corrected chi connectivity index (χ3v) is 7.41. The van der Waals surface area contributed by atoms with Gasteiger partial charge in [0.25, 0.3) is 5.56 Å². The molecule has 6 nitrogen and oxygen atoms in total. The molecule has 4 aromatic rings. The lowest BCUT2D eigenvalue weighted by atomic mass is 9.97. The Morgan fingerprint density at radius 3 is 2.65 bits per heavy atom. The average Bonchev–Trinajstić information content (AvgIpc) is 3.22. The molecule has 176 valence electrons. The summed E-state index contributed by atoms with van der Waals surface area (Å²) in [7, 11) is 1.55. The Bertz CT molecular complexity index is 1390. The van der Waals surface area contributed by atoms with E-state index in [4.69, 9.17) is 30.8 Å². The molecule has 0 bridgehead atoms. The molecule has 8 heteroatoms. The van der Waals surface area contributed by atoms with Gasteiger partial charge in [-0.05, 0) is 62.4 Å². The van der Waals surface area contributed by atoms with Gasteiger partial charge in [0.05, 0.1) is 17.5 Å². The standard InChI is InChI=1S/C26H25ClN2O4S/c1-15-7-9-17(10-8-15)32-11-12-33-23-19(27)13-16(14-20(23)31-2)24-28-25(30)22-18-5-3-4-6-21(18)34-26(22)29-24/h7-10,13-14H,3-6,11-12H2,1-2H3,(H,28,29,30). The number of ether oxygens (including phenoxy) is 3. The van der Waals surface area contributed by atoms with Gasteiger partial charge in [-0.3, -0.25) is 4.79 Å². The first-order chi connectivity index (χ1) is 16.5. The Morgan fingerprint density at radius 2 is 1.85 bits per heavy atom. The SMILES string of the molecule is COc1cc(-c2nc3sc4c(c3c(=O)[nH]2)CCCC4)cc(Cl)c1OCCOc1ccc(C)cc1. The topological polar surface area (TPSA) is 73.4 Å². The van der Waals surface area contributed by atoms with Crippen LogP contribution in [0.5, 0.6) is 17.2 Å². The summed E-state index contributed by atoms with van der Waals surface area (Å²) in [4.78, 5) is 22.7. The van der Waals surface area contributed by atoms with Crippen LogP contribution in [-0.2, 0) is 12.8 Å². The lowest BCUT2D eigenvalue weighted by Crippen LogP contribution is -2.11. The van der Waals surface area contributed by atoms with E-state index in [9.17, 15) is 4.79 Å². The van der Waals surface area contributed by atoms with Gasteiger partial charge in [-0.1, -0.05) is 29.3 Å². The predicted octanol–water partition coefficient (Wildman–Crippen LogP) is 5.96. The van der Waals surface area contributed by atoms with Crippen LogP contribution in [-0.4, -0.2) is 30.3 Å². The normalized spacial score (nSPS) is 13.0. The van der Waals surface area contributed by atoms with E-state index in [-0.39, 0.29) is 5.56 Å². The maximum atomic E-state index is 12.9. The number of H-pyrrole nitrogens is 1. The number of hydrogen-bond acceptors (Lipinski definition) is 6. The molecule has 0 fully saturated rings. The molecule has 2 aromatic carbocycles. The fourth-order valence-corrected chi connectivity index (χ4v) is 5.76. The minimum atomic E-state index is -0.108. The van der Waals surface area contributed by atoms with Crippen molar-refractivity contribution < 1.29 is 14.2 Å². The molecule has 1 aliphatic carbocycles. The fraction of sp³-hybridized carbons (Fsp3) is 0.308. The number of benzene rings is 2. The van der Waals surface area contributed by atoms with Gasteiger partial charge >= 0.3 is 0 Å². The van der Waals surface area contributed by atoms with E-state index >= 15 is 0 Å². The van der Waals surface area contributed by atoms with E-state index in [2.05, 4.69) is 4.98 Å².